The van der Waals surface area contributed by atoms with Crippen LogP contribution in [0.15, 0.2) is 18.2 Å². The number of rotatable bonds is 8. The number of nitrogens with one attached hydrogen (secondary N) is 2. The highest BCUT2D eigenvalue weighted by Crippen LogP contribution is 2.26. The summed E-state index contributed by atoms with van der Waals surface area (Å²) in [5, 5.41) is 5.78. The summed E-state index contributed by atoms with van der Waals surface area (Å²) in [6.45, 7) is 7.11. The minimum atomic E-state index is -0.169. The molecule has 2 saturated heterocycles. The van der Waals surface area contributed by atoms with Crippen molar-refractivity contribution in [1.82, 2.24) is 5.32 Å². The molecule has 2 N–H and O–H groups in total. The number of amides is 2. The largest absolute Gasteiger partial charge is 0.379 e. The van der Waals surface area contributed by atoms with Gasteiger partial charge < -0.3 is 25.0 Å². The Morgan fingerprint density at radius 2 is 2.15 bits per heavy atom. The van der Waals surface area contributed by atoms with Gasteiger partial charge in [-0.2, -0.15) is 0 Å². The van der Waals surface area contributed by atoms with Crippen molar-refractivity contribution >= 4 is 17.4 Å². The second kappa shape index (κ2) is 9.78. The Balaban J connectivity index is 1.32. The van der Waals surface area contributed by atoms with Crippen molar-refractivity contribution in [2.75, 3.05) is 49.7 Å². The number of ether oxygens (including phenoxy) is 2. The van der Waals surface area contributed by atoms with Crippen LogP contribution in [0.1, 0.15) is 37.7 Å². The summed E-state index contributed by atoms with van der Waals surface area (Å²) in [5.41, 5.74) is 3.31. The van der Waals surface area contributed by atoms with Gasteiger partial charge in [0.05, 0.1) is 12.7 Å². The Labute approximate surface area is 156 Å². The lowest BCUT2D eigenvalue weighted by Gasteiger charge is -2.20. The van der Waals surface area contributed by atoms with Gasteiger partial charge in [0, 0.05) is 44.2 Å². The molecule has 1 aromatic carbocycles. The third-order valence-corrected chi connectivity index (χ3v) is 4.98. The van der Waals surface area contributed by atoms with Gasteiger partial charge >= 0.3 is 6.03 Å². The number of nitrogens with zero attached hydrogens (tertiary/aromatic N) is 1. The van der Waals surface area contributed by atoms with Crippen LogP contribution in [0.5, 0.6) is 0 Å². The first-order chi connectivity index (χ1) is 12.7. The van der Waals surface area contributed by atoms with Gasteiger partial charge in [-0.15, -0.1) is 0 Å². The van der Waals surface area contributed by atoms with Crippen LogP contribution in [0.4, 0.5) is 16.2 Å². The lowest BCUT2D eigenvalue weighted by molar-refractivity contribution is 0.0168. The summed E-state index contributed by atoms with van der Waals surface area (Å²) in [6.07, 6.45) is 5.81. The van der Waals surface area contributed by atoms with Gasteiger partial charge in [0.1, 0.15) is 0 Å². The predicted octanol–water partition coefficient (Wildman–Crippen LogP) is 3.30. The zero-order valence-electron chi connectivity index (χ0n) is 15.8. The van der Waals surface area contributed by atoms with Crippen LogP contribution in [0.25, 0.3) is 0 Å². The second-order valence-electron chi connectivity index (χ2n) is 7.14. The summed E-state index contributed by atoms with van der Waals surface area (Å²) >= 11 is 0. The molecule has 2 aliphatic rings. The van der Waals surface area contributed by atoms with Crippen LogP contribution >= 0.6 is 0 Å². The van der Waals surface area contributed by atoms with E-state index in [1.54, 1.807) is 0 Å². The number of urea groups is 1. The topological polar surface area (TPSA) is 62.8 Å². The molecule has 2 aliphatic heterocycles. The Morgan fingerprint density at radius 1 is 1.31 bits per heavy atom. The molecule has 3 rings (SSSR count). The summed E-state index contributed by atoms with van der Waals surface area (Å²) in [4.78, 5) is 14.4. The number of aryl methyl sites for hydroxylation is 1. The van der Waals surface area contributed by atoms with E-state index in [4.69, 9.17) is 9.47 Å². The SMILES string of the molecule is Cc1cc(NC(=O)NCCCOC[C@@H]2CCCO2)ccc1N1CCCC1. The van der Waals surface area contributed by atoms with Crippen molar-refractivity contribution in [3.05, 3.63) is 23.8 Å². The Bertz CT molecular complexity index is 582. The lowest BCUT2D eigenvalue weighted by Crippen LogP contribution is -2.30. The Morgan fingerprint density at radius 3 is 2.88 bits per heavy atom. The highest BCUT2D eigenvalue weighted by atomic mass is 16.5. The van der Waals surface area contributed by atoms with Gasteiger partial charge in [0.25, 0.3) is 0 Å². The van der Waals surface area contributed by atoms with E-state index in [9.17, 15) is 4.79 Å². The monoisotopic (exact) mass is 361 g/mol. The first kappa shape index (κ1) is 19.0. The zero-order chi connectivity index (χ0) is 18.2. The molecule has 2 fully saturated rings. The molecular formula is C20H31N3O3. The van der Waals surface area contributed by atoms with E-state index in [1.165, 1.54) is 24.1 Å². The molecule has 0 bridgehead atoms. The van der Waals surface area contributed by atoms with Crippen molar-refractivity contribution in [3.63, 3.8) is 0 Å². The molecule has 2 amide bonds. The third-order valence-electron chi connectivity index (χ3n) is 4.98. The highest BCUT2D eigenvalue weighted by Gasteiger charge is 2.15. The van der Waals surface area contributed by atoms with Crippen LogP contribution in [0.3, 0.4) is 0 Å². The van der Waals surface area contributed by atoms with Crippen LogP contribution in [0, 0.1) is 6.92 Å². The molecule has 0 aliphatic carbocycles. The summed E-state index contributed by atoms with van der Waals surface area (Å²) in [7, 11) is 0. The number of hydrogen-bond donors (Lipinski definition) is 2. The molecule has 144 valence electrons. The van der Waals surface area contributed by atoms with Crippen LogP contribution in [0.2, 0.25) is 0 Å². The molecule has 26 heavy (non-hydrogen) atoms. The van der Waals surface area contributed by atoms with E-state index in [-0.39, 0.29) is 12.1 Å². The van der Waals surface area contributed by atoms with Gasteiger partial charge in [-0.25, -0.2) is 4.79 Å². The standard InChI is InChI=1S/C20H31N3O3/c1-16-14-17(7-8-19(16)23-10-2-3-11-23)22-20(24)21-9-5-12-25-15-18-6-4-13-26-18/h7-8,14,18H,2-6,9-13,15H2,1H3,(H2,21,22,24)/t18-/m0/s1. The van der Waals surface area contributed by atoms with Gasteiger partial charge in [0.15, 0.2) is 0 Å². The first-order valence-electron chi connectivity index (χ1n) is 9.82. The molecule has 0 spiro atoms. The van der Waals surface area contributed by atoms with Crippen LogP contribution in [-0.4, -0.2) is 51.6 Å². The Kier molecular flexibility index (Phi) is 7.14. The van der Waals surface area contributed by atoms with E-state index < -0.39 is 0 Å². The molecule has 6 heteroatoms. The highest BCUT2D eigenvalue weighted by molar-refractivity contribution is 5.89. The zero-order valence-corrected chi connectivity index (χ0v) is 15.8. The minimum absolute atomic E-state index is 0.169. The van der Waals surface area contributed by atoms with E-state index in [0.717, 1.165) is 44.6 Å². The second-order valence-corrected chi connectivity index (χ2v) is 7.14. The maximum absolute atomic E-state index is 12.0. The molecular weight excluding hydrogens is 330 g/mol. The van der Waals surface area contributed by atoms with E-state index in [2.05, 4.69) is 28.5 Å². The van der Waals surface area contributed by atoms with Gasteiger partial charge in [-0.1, -0.05) is 0 Å². The Hall–Kier alpha value is -1.79. The van der Waals surface area contributed by atoms with E-state index in [0.29, 0.717) is 19.8 Å². The number of benzene rings is 1. The first-order valence-corrected chi connectivity index (χ1v) is 9.82. The van der Waals surface area contributed by atoms with Crippen LogP contribution < -0.4 is 15.5 Å². The minimum Gasteiger partial charge on any atom is -0.379 e. The summed E-state index contributed by atoms with van der Waals surface area (Å²) in [6, 6.07) is 5.95. The molecule has 1 aromatic rings. The van der Waals surface area contributed by atoms with Crippen molar-refractivity contribution < 1.29 is 14.3 Å². The third kappa shape index (κ3) is 5.61. The lowest BCUT2D eigenvalue weighted by atomic mass is 10.1. The number of hydrogen-bond acceptors (Lipinski definition) is 4. The molecule has 0 radical (unpaired) electrons. The molecule has 0 saturated carbocycles. The molecule has 1 atom stereocenters. The molecule has 0 aromatic heterocycles. The normalized spacial score (nSPS) is 19.7. The summed E-state index contributed by atoms with van der Waals surface area (Å²) in [5.74, 6) is 0. The molecule has 6 nitrogen and oxygen atoms in total. The number of carbonyl (C=O) groups is 1. The van der Waals surface area contributed by atoms with Crippen molar-refractivity contribution in [2.24, 2.45) is 0 Å². The number of carbonyl (C=O) groups excluding carboxylic acids is 1. The quantitative estimate of drug-likeness (QED) is 0.698. The molecule has 0 unspecified atom stereocenters. The van der Waals surface area contributed by atoms with Gasteiger partial charge in [-0.05, 0) is 62.8 Å². The van der Waals surface area contributed by atoms with E-state index >= 15 is 0 Å². The van der Waals surface area contributed by atoms with E-state index in [1.807, 2.05) is 12.1 Å². The van der Waals surface area contributed by atoms with Gasteiger partial charge in [-0.3, -0.25) is 0 Å². The fourth-order valence-electron chi connectivity index (χ4n) is 3.59. The van der Waals surface area contributed by atoms with Crippen molar-refractivity contribution in [3.8, 4) is 0 Å². The fraction of sp³-hybridized carbons (Fsp3) is 0.650. The maximum Gasteiger partial charge on any atom is 0.319 e. The summed E-state index contributed by atoms with van der Waals surface area (Å²) < 4.78 is 11.1. The average Bonchev–Trinajstić information content (AvgIpc) is 3.32. The van der Waals surface area contributed by atoms with Gasteiger partial charge in [0.2, 0.25) is 0 Å². The average molecular weight is 361 g/mol. The number of anilines is 2. The fourth-order valence-corrected chi connectivity index (χ4v) is 3.59. The molecule has 2 heterocycles. The smallest absolute Gasteiger partial charge is 0.319 e. The van der Waals surface area contributed by atoms with Crippen molar-refractivity contribution in [1.29, 1.82) is 0 Å². The maximum atomic E-state index is 12.0. The predicted molar refractivity (Wildman–Crippen MR) is 104 cm³/mol. The van der Waals surface area contributed by atoms with Crippen molar-refractivity contribution in [2.45, 2.75) is 45.1 Å². The van der Waals surface area contributed by atoms with Crippen LogP contribution in [-0.2, 0) is 9.47 Å².